The predicted molar refractivity (Wildman–Crippen MR) is 87.6 cm³/mol. The van der Waals surface area contributed by atoms with Gasteiger partial charge in [0.15, 0.2) is 11.5 Å². The van der Waals surface area contributed by atoms with Gasteiger partial charge in [0.1, 0.15) is 11.8 Å². The average molecular weight is 365 g/mol. The minimum absolute atomic E-state index is 0.00785. The molecule has 1 aliphatic heterocycles. The number of carboxylic acids is 1. The van der Waals surface area contributed by atoms with Crippen molar-refractivity contribution in [2.24, 2.45) is 0 Å². The van der Waals surface area contributed by atoms with Crippen molar-refractivity contribution in [2.45, 2.75) is 25.6 Å². The van der Waals surface area contributed by atoms with Crippen molar-refractivity contribution in [3.63, 3.8) is 0 Å². The molecule has 1 aliphatic rings. The lowest BCUT2D eigenvalue weighted by Gasteiger charge is -2.17. The van der Waals surface area contributed by atoms with Gasteiger partial charge >= 0.3 is 12.6 Å². The Hall–Kier alpha value is -2.87. The molecule has 0 saturated heterocycles. The van der Waals surface area contributed by atoms with Crippen LogP contribution in [0.3, 0.4) is 0 Å². The summed E-state index contributed by atoms with van der Waals surface area (Å²) in [4.78, 5) is 11.5. The zero-order valence-corrected chi connectivity index (χ0v) is 13.7. The lowest BCUT2D eigenvalue weighted by atomic mass is 10.1. The molecule has 0 unspecified atom stereocenters. The van der Waals surface area contributed by atoms with E-state index in [1.54, 1.807) is 0 Å². The number of nitrogens with one attached hydrogen (secondary N) is 1. The third-order valence-electron chi connectivity index (χ3n) is 3.89. The molecule has 2 N–H and O–H groups in total. The summed E-state index contributed by atoms with van der Waals surface area (Å²) in [5, 5.41) is 12.3. The van der Waals surface area contributed by atoms with Crippen LogP contribution >= 0.6 is 0 Å². The van der Waals surface area contributed by atoms with Crippen LogP contribution in [0.1, 0.15) is 11.1 Å². The van der Waals surface area contributed by atoms with E-state index in [0.717, 1.165) is 5.56 Å². The van der Waals surface area contributed by atoms with E-state index in [2.05, 4.69) is 10.1 Å². The van der Waals surface area contributed by atoms with E-state index in [9.17, 15) is 18.7 Å². The maximum absolute atomic E-state index is 12.7. The van der Waals surface area contributed by atoms with Gasteiger partial charge in [-0.25, -0.2) is 0 Å². The number of ether oxygens (including phenoxy) is 3. The molecule has 26 heavy (non-hydrogen) atoms. The molecule has 2 aromatic carbocycles. The van der Waals surface area contributed by atoms with Crippen molar-refractivity contribution in [3.8, 4) is 17.2 Å². The highest BCUT2D eigenvalue weighted by molar-refractivity contribution is 5.74. The normalized spacial score (nSPS) is 13.7. The van der Waals surface area contributed by atoms with Crippen molar-refractivity contribution in [1.29, 1.82) is 0 Å². The Kier molecular flexibility index (Phi) is 5.52. The van der Waals surface area contributed by atoms with Gasteiger partial charge in [-0.2, -0.15) is 8.78 Å². The van der Waals surface area contributed by atoms with Crippen LogP contribution < -0.4 is 19.5 Å². The van der Waals surface area contributed by atoms with Gasteiger partial charge in [-0.05, 0) is 18.1 Å². The van der Waals surface area contributed by atoms with Crippen molar-refractivity contribution in [1.82, 2.24) is 5.32 Å². The minimum atomic E-state index is -3.01. The Morgan fingerprint density at radius 3 is 2.54 bits per heavy atom. The summed E-state index contributed by atoms with van der Waals surface area (Å²) >= 11 is 0. The molecule has 3 rings (SSSR count). The highest BCUT2D eigenvalue weighted by Crippen LogP contribution is 2.38. The molecule has 8 heteroatoms. The lowest BCUT2D eigenvalue weighted by Crippen LogP contribution is -2.38. The number of halogens is 2. The lowest BCUT2D eigenvalue weighted by molar-refractivity contribution is -0.139. The van der Waals surface area contributed by atoms with Gasteiger partial charge in [-0.3, -0.25) is 10.1 Å². The quantitative estimate of drug-likeness (QED) is 0.749. The fourth-order valence-electron chi connectivity index (χ4n) is 2.64. The zero-order valence-electron chi connectivity index (χ0n) is 13.7. The summed E-state index contributed by atoms with van der Waals surface area (Å²) < 4.78 is 40.2. The molecule has 0 aromatic heterocycles. The van der Waals surface area contributed by atoms with Gasteiger partial charge in [-0.15, -0.1) is 0 Å². The van der Waals surface area contributed by atoms with Crippen LogP contribution in [0.4, 0.5) is 8.78 Å². The second kappa shape index (κ2) is 8.01. The Morgan fingerprint density at radius 1 is 1.19 bits per heavy atom. The fourth-order valence-corrected chi connectivity index (χ4v) is 2.64. The van der Waals surface area contributed by atoms with Crippen LogP contribution in [0.15, 0.2) is 42.5 Å². The average Bonchev–Trinajstić information content (AvgIpc) is 3.05. The monoisotopic (exact) mass is 365 g/mol. The summed E-state index contributed by atoms with van der Waals surface area (Å²) in [5.74, 6) is -0.409. The number of aliphatic carboxylic acids is 1. The molecule has 0 aliphatic carbocycles. The van der Waals surface area contributed by atoms with E-state index in [0.29, 0.717) is 17.1 Å². The SMILES string of the molecule is O=C(O)[C@@H](Cc1ccccc1)NCc1cc2c(cc1OC(F)F)OCO2. The maximum Gasteiger partial charge on any atom is 0.387 e. The summed E-state index contributed by atoms with van der Waals surface area (Å²) in [6.45, 7) is -3.00. The number of carbonyl (C=O) groups is 1. The summed E-state index contributed by atoms with van der Waals surface area (Å²) in [7, 11) is 0. The smallest absolute Gasteiger partial charge is 0.387 e. The molecule has 0 amide bonds. The number of carboxylic acid groups (broad SMARTS) is 1. The molecular weight excluding hydrogens is 348 g/mol. The van der Waals surface area contributed by atoms with E-state index in [4.69, 9.17) is 9.47 Å². The second-order valence-corrected chi connectivity index (χ2v) is 5.65. The van der Waals surface area contributed by atoms with E-state index < -0.39 is 18.6 Å². The highest BCUT2D eigenvalue weighted by Gasteiger charge is 2.22. The Bertz CT molecular complexity index is 770. The van der Waals surface area contributed by atoms with Crippen molar-refractivity contribution in [3.05, 3.63) is 53.6 Å². The molecule has 2 aromatic rings. The van der Waals surface area contributed by atoms with Gasteiger partial charge in [0.25, 0.3) is 0 Å². The van der Waals surface area contributed by atoms with Crippen LogP contribution in [0, 0.1) is 0 Å². The van der Waals surface area contributed by atoms with E-state index in [1.165, 1.54) is 12.1 Å². The number of fused-ring (bicyclic) bond motifs is 1. The van der Waals surface area contributed by atoms with Crippen LogP contribution in [-0.2, 0) is 17.8 Å². The maximum atomic E-state index is 12.7. The fraction of sp³-hybridized carbons (Fsp3) is 0.278. The molecule has 138 valence electrons. The first-order valence-electron chi connectivity index (χ1n) is 7.90. The number of benzene rings is 2. The van der Waals surface area contributed by atoms with E-state index in [-0.39, 0.29) is 25.5 Å². The van der Waals surface area contributed by atoms with E-state index in [1.807, 2.05) is 30.3 Å². The third kappa shape index (κ3) is 4.40. The molecule has 0 bridgehead atoms. The van der Waals surface area contributed by atoms with E-state index >= 15 is 0 Å². The minimum Gasteiger partial charge on any atom is -0.480 e. The summed E-state index contributed by atoms with van der Waals surface area (Å²) in [6.07, 6.45) is 0.256. The molecule has 0 fully saturated rings. The zero-order chi connectivity index (χ0) is 18.5. The molecule has 1 heterocycles. The van der Waals surface area contributed by atoms with Crippen LogP contribution in [0.2, 0.25) is 0 Å². The van der Waals surface area contributed by atoms with Crippen molar-refractivity contribution >= 4 is 5.97 Å². The largest absolute Gasteiger partial charge is 0.480 e. The topological polar surface area (TPSA) is 77.0 Å². The Labute approximate surface area is 148 Å². The number of hydrogen-bond acceptors (Lipinski definition) is 5. The Balaban J connectivity index is 1.75. The van der Waals surface area contributed by atoms with Crippen LogP contribution in [0.5, 0.6) is 17.2 Å². The molecule has 0 radical (unpaired) electrons. The van der Waals surface area contributed by atoms with Crippen molar-refractivity contribution in [2.75, 3.05) is 6.79 Å². The highest BCUT2D eigenvalue weighted by atomic mass is 19.3. The molecule has 0 saturated carbocycles. The second-order valence-electron chi connectivity index (χ2n) is 5.65. The number of rotatable bonds is 8. The third-order valence-corrected chi connectivity index (χ3v) is 3.89. The van der Waals surface area contributed by atoms with Gasteiger partial charge in [0.2, 0.25) is 6.79 Å². The van der Waals surface area contributed by atoms with Crippen LogP contribution in [0.25, 0.3) is 0 Å². The summed E-state index contributed by atoms with van der Waals surface area (Å²) in [5.41, 5.74) is 1.20. The summed E-state index contributed by atoms with van der Waals surface area (Å²) in [6, 6.07) is 11.1. The number of alkyl halides is 2. The van der Waals surface area contributed by atoms with Gasteiger partial charge in [0.05, 0.1) is 0 Å². The Morgan fingerprint density at radius 2 is 1.88 bits per heavy atom. The van der Waals surface area contributed by atoms with Gasteiger partial charge in [-0.1, -0.05) is 30.3 Å². The van der Waals surface area contributed by atoms with Gasteiger partial charge in [0, 0.05) is 18.2 Å². The first-order valence-corrected chi connectivity index (χ1v) is 7.90. The first-order chi connectivity index (χ1) is 12.5. The van der Waals surface area contributed by atoms with Gasteiger partial charge < -0.3 is 19.3 Å². The molecule has 6 nitrogen and oxygen atoms in total. The molecule has 0 spiro atoms. The standard InChI is InChI=1S/C18H17F2NO5/c19-18(20)26-14-8-16-15(24-10-25-16)7-12(14)9-21-13(17(22)23)6-11-4-2-1-3-5-11/h1-5,7-8,13,18,21H,6,9-10H2,(H,22,23)/t13-/m1/s1. The first kappa shape index (κ1) is 17.9. The number of hydrogen-bond donors (Lipinski definition) is 2. The predicted octanol–water partition coefficient (Wildman–Crippen LogP) is 2.80. The van der Waals surface area contributed by atoms with Crippen molar-refractivity contribution < 1.29 is 32.9 Å². The molecule has 1 atom stereocenters. The molecular formula is C18H17F2NO5. The van der Waals surface area contributed by atoms with Crippen LogP contribution in [-0.4, -0.2) is 30.5 Å².